The lowest BCUT2D eigenvalue weighted by atomic mass is 9.97. The smallest absolute Gasteiger partial charge is 0.248 e. The van der Waals surface area contributed by atoms with Crippen LogP contribution in [0.25, 0.3) is 28.6 Å². The maximum atomic E-state index is 11.9. The number of nitrogens with one attached hydrogen (secondary N) is 1. The van der Waals surface area contributed by atoms with Gasteiger partial charge in [-0.05, 0) is 18.1 Å². The van der Waals surface area contributed by atoms with Crippen LogP contribution in [0.3, 0.4) is 0 Å². The molecule has 28 heavy (non-hydrogen) atoms. The molecule has 7 heteroatoms. The maximum absolute atomic E-state index is 11.9. The number of aromatic amines is 1. The molecule has 142 valence electrons. The molecule has 0 atom stereocenters. The Balaban J connectivity index is 2.33. The van der Waals surface area contributed by atoms with Crippen molar-refractivity contribution in [3.05, 3.63) is 70.3 Å². The Labute approximate surface area is 162 Å². The zero-order valence-corrected chi connectivity index (χ0v) is 15.6. The van der Waals surface area contributed by atoms with Crippen molar-refractivity contribution in [2.45, 2.75) is 19.8 Å². The predicted octanol–water partition coefficient (Wildman–Crippen LogP) is 2.70. The van der Waals surface area contributed by atoms with E-state index in [4.69, 9.17) is 11.5 Å². The van der Waals surface area contributed by atoms with Crippen molar-refractivity contribution in [1.82, 2.24) is 15.0 Å². The first-order valence-electron chi connectivity index (χ1n) is 8.81. The Kier molecular flexibility index (Phi) is 5.35. The monoisotopic (exact) mass is 375 g/mol. The number of nitrogens with zero attached hydrogens (tertiary/aromatic N) is 2. The van der Waals surface area contributed by atoms with E-state index in [1.807, 2.05) is 44.2 Å². The summed E-state index contributed by atoms with van der Waals surface area (Å²) < 4.78 is 0. The summed E-state index contributed by atoms with van der Waals surface area (Å²) in [5.74, 6) is -0.381. The molecule has 2 heterocycles. The lowest BCUT2D eigenvalue weighted by molar-refractivity contribution is -0.113. The number of pyridine rings is 1. The van der Waals surface area contributed by atoms with Gasteiger partial charge in [-0.25, -0.2) is 9.97 Å². The van der Waals surface area contributed by atoms with Crippen molar-refractivity contribution in [2.24, 2.45) is 5.73 Å². The number of hydrogen-bond acceptors (Lipinski definition) is 5. The second kappa shape index (κ2) is 7.87. The number of anilines is 1. The van der Waals surface area contributed by atoms with Gasteiger partial charge in [-0.1, -0.05) is 44.2 Å². The molecule has 0 saturated carbocycles. The minimum Gasteiger partial charge on any atom is -0.382 e. The van der Waals surface area contributed by atoms with Gasteiger partial charge in [0.25, 0.3) is 0 Å². The molecule has 0 aliphatic carbocycles. The third-order valence-corrected chi connectivity index (χ3v) is 4.19. The van der Waals surface area contributed by atoms with E-state index >= 15 is 0 Å². The van der Waals surface area contributed by atoms with Gasteiger partial charge in [0.15, 0.2) is 0 Å². The van der Waals surface area contributed by atoms with Crippen LogP contribution in [0.5, 0.6) is 0 Å². The van der Waals surface area contributed by atoms with Crippen molar-refractivity contribution < 1.29 is 4.79 Å². The van der Waals surface area contributed by atoms with Gasteiger partial charge in [0.1, 0.15) is 11.5 Å². The summed E-state index contributed by atoms with van der Waals surface area (Å²) in [4.78, 5) is 35.1. The van der Waals surface area contributed by atoms with Crippen molar-refractivity contribution in [3.63, 3.8) is 0 Å². The van der Waals surface area contributed by atoms with Gasteiger partial charge in [-0.2, -0.15) is 0 Å². The van der Waals surface area contributed by atoms with Crippen LogP contribution in [0.2, 0.25) is 0 Å². The second-order valence-electron chi connectivity index (χ2n) is 6.60. The standard InChI is InChI=1S/C21H21N5O2/c1-12(2)18-14(8-11-17(28)25-18)20-19(13-6-4-3-5-7-13)26-21(23)15(24-20)9-10-16(22)27/h3-12H,1-2H3,(H2,22,27)(H2,23,26)(H,25,28)/b10-9+. The molecule has 3 rings (SSSR count). The lowest BCUT2D eigenvalue weighted by Gasteiger charge is -2.16. The molecule has 0 fully saturated rings. The molecule has 5 N–H and O–H groups in total. The first-order valence-corrected chi connectivity index (χ1v) is 8.81. The summed E-state index contributed by atoms with van der Waals surface area (Å²) in [6.07, 6.45) is 2.62. The normalized spacial score (nSPS) is 11.2. The van der Waals surface area contributed by atoms with E-state index in [2.05, 4.69) is 15.0 Å². The van der Waals surface area contributed by atoms with Crippen molar-refractivity contribution in [1.29, 1.82) is 0 Å². The number of aromatic nitrogens is 3. The molecule has 0 spiro atoms. The predicted molar refractivity (Wildman–Crippen MR) is 110 cm³/mol. The number of amides is 1. The van der Waals surface area contributed by atoms with Crippen molar-refractivity contribution in [2.75, 3.05) is 5.73 Å². The Morgan fingerprint density at radius 2 is 1.79 bits per heavy atom. The van der Waals surface area contributed by atoms with E-state index < -0.39 is 5.91 Å². The Morgan fingerprint density at radius 3 is 2.43 bits per heavy atom. The largest absolute Gasteiger partial charge is 0.382 e. The summed E-state index contributed by atoms with van der Waals surface area (Å²) in [6, 6.07) is 12.7. The first-order chi connectivity index (χ1) is 13.4. The van der Waals surface area contributed by atoms with E-state index in [9.17, 15) is 9.59 Å². The minimum atomic E-state index is -0.609. The van der Waals surface area contributed by atoms with Crippen LogP contribution >= 0.6 is 0 Å². The number of benzene rings is 1. The molecule has 0 radical (unpaired) electrons. The summed E-state index contributed by atoms with van der Waals surface area (Å²) in [5.41, 5.74) is 14.9. The fraction of sp³-hybridized carbons (Fsp3) is 0.143. The third-order valence-electron chi connectivity index (χ3n) is 4.19. The third kappa shape index (κ3) is 3.98. The molecule has 2 aromatic heterocycles. The van der Waals surface area contributed by atoms with Gasteiger partial charge in [-0.15, -0.1) is 0 Å². The van der Waals surface area contributed by atoms with E-state index in [0.717, 1.165) is 16.8 Å². The van der Waals surface area contributed by atoms with Gasteiger partial charge in [0, 0.05) is 29.0 Å². The highest BCUT2D eigenvalue weighted by molar-refractivity contribution is 5.91. The maximum Gasteiger partial charge on any atom is 0.248 e. The highest BCUT2D eigenvalue weighted by Crippen LogP contribution is 2.34. The number of primary amides is 1. The lowest BCUT2D eigenvalue weighted by Crippen LogP contribution is -2.12. The Hall–Kier alpha value is -3.74. The average Bonchev–Trinajstić information content (AvgIpc) is 2.67. The highest BCUT2D eigenvalue weighted by Gasteiger charge is 2.19. The molecule has 1 aromatic carbocycles. The minimum absolute atomic E-state index is 0.0523. The van der Waals surface area contributed by atoms with Crippen molar-refractivity contribution >= 4 is 17.8 Å². The van der Waals surface area contributed by atoms with Crippen LogP contribution in [-0.4, -0.2) is 20.9 Å². The van der Waals surface area contributed by atoms with Gasteiger partial charge in [0.05, 0.1) is 11.4 Å². The molecule has 1 amide bonds. The van der Waals surface area contributed by atoms with E-state index in [0.29, 0.717) is 17.1 Å². The number of rotatable bonds is 5. The number of nitrogens with two attached hydrogens (primary N) is 2. The van der Waals surface area contributed by atoms with E-state index in [1.165, 1.54) is 18.2 Å². The summed E-state index contributed by atoms with van der Waals surface area (Å²) in [5, 5.41) is 0. The molecule has 3 aromatic rings. The van der Waals surface area contributed by atoms with Gasteiger partial charge >= 0.3 is 0 Å². The summed E-state index contributed by atoms with van der Waals surface area (Å²) in [7, 11) is 0. The number of hydrogen-bond donors (Lipinski definition) is 3. The molecular weight excluding hydrogens is 354 g/mol. The molecule has 0 saturated heterocycles. The number of carbonyl (C=O) groups excluding carboxylic acids is 1. The zero-order chi connectivity index (χ0) is 20.3. The van der Waals surface area contributed by atoms with Gasteiger partial charge in [-0.3, -0.25) is 9.59 Å². The fourth-order valence-corrected chi connectivity index (χ4v) is 2.88. The van der Waals surface area contributed by atoms with E-state index in [1.54, 1.807) is 6.07 Å². The van der Waals surface area contributed by atoms with Gasteiger partial charge in [0.2, 0.25) is 11.5 Å². The fourth-order valence-electron chi connectivity index (χ4n) is 2.88. The molecule has 0 bridgehead atoms. The molecule has 0 aliphatic heterocycles. The van der Waals surface area contributed by atoms with Crippen LogP contribution in [0.15, 0.2) is 53.3 Å². The van der Waals surface area contributed by atoms with Crippen LogP contribution in [0.4, 0.5) is 5.82 Å². The molecule has 0 unspecified atom stereocenters. The molecular formula is C21H21N5O2. The van der Waals surface area contributed by atoms with Crippen LogP contribution in [0.1, 0.15) is 31.2 Å². The molecule has 7 nitrogen and oxygen atoms in total. The van der Waals surface area contributed by atoms with Gasteiger partial charge < -0.3 is 16.5 Å². The topological polar surface area (TPSA) is 128 Å². The zero-order valence-electron chi connectivity index (χ0n) is 15.6. The highest BCUT2D eigenvalue weighted by atomic mass is 16.1. The van der Waals surface area contributed by atoms with Crippen molar-refractivity contribution in [3.8, 4) is 22.5 Å². The molecule has 0 aliphatic rings. The summed E-state index contributed by atoms with van der Waals surface area (Å²) in [6.45, 7) is 3.96. The first kappa shape index (κ1) is 19.0. The average molecular weight is 375 g/mol. The Bertz CT molecular complexity index is 1100. The Morgan fingerprint density at radius 1 is 1.07 bits per heavy atom. The summed E-state index contributed by atoms with van der Waals surface area (Å²) >= 11 is 0. The van der Waals surface area contributed by atoms with Crippen LogP contribution in [-0.2, 0) is 4.79 Å². The van der Waals surface area contributed by atoms with Crippen LogP contribution < -0.4 is 17.0 Å². The SMILES string of the molecule is CC(C)c1[nH]c(=O)ccc1-c1nc(/C=C/C(N)=O)c(N)nc1-c1ccccc1. The van der Waals surface area contributed by atoms with E-state index in [-0.39, 0.29) is 17.3 Å². The quantitative estimate of drug-likeness (QED) is 0.591. The number of H-pyrrole nitrogens is 1. The number of carbonyl (C=O) groups is 1. The van der Waals surface area contributed by atoms with Crippen LogP contribution in [0, 0.1) is 0 Å². The number of nitrogen functional groups attached to an aromatic ring is 1. The second-order valence-corrected chi connectivity index (χ2v) is 6.60.